The minimum atomic E-state index is -3.93. The fraction of sp³-hybridized carbons (Fsp3) is 0.250. The van der Waals surface area contributed by atoms with Crippen molar-refractivity contribution in [1.29, 1.82) is 0 Å². The molecule has 3 aromatic carbocycles. The van der Waals surface area contributed by atoms with Crippen LogP contribution in [0.1, 0.15) is 61.4 Å². The summed E-state index contributed by atoms with van der Waals surface area (Å²) in [5.74, 6) is -0.867. The van der Waals surface area contributed by atoms with Gasteiger partial charge in [0.1, 0.15) is 0 Å². The minimum Gasteiger partial charge on any atom is -0.326 e. The maximum absolute atomic E-state index is 13.2. The number of benzene rings is 3. The van der Waals surface area contributed by atoms with Crippen LogP contribution >= 0.6 is 0 Å². The fourth-order valence-corrected chi connectivity index (χ4v) is 5.82. The Labute approximate surface area is 211 Å². The zero-order valence-corrected chi connectivity index (χ0v) is 21.5. The average molecular weight is 505 g/mol. The van der Waals surface area contributed by atoms with Gasteiger partial charge in [-0.3, -0.25) is 14.4 Å². The van der Waals surface area contributed by atoms with Crippen molar-refractivity contribution in [2.45, 2.75) is 38.5 Å². The van der Waals surface area contributed by atoms with E-state index in [2.05, 4.69) is 5.32 Å². The number of sulfonamides is 1. The zero-order valence-electron chi connectivity index (χ0n) is 20.7. The van der Waals surface area contributed by atoms with E-state index in [1.165, 1.54) is 25.2 Å². The predicted molar refractivity (Wildman–Crippen MR) is 138 cm³/mol. The molecule has 0 radical (unpaired) electrons. The molecule has 0 saturated heterocycles. The Morgan fingerprint density at radius 2 is 1.39 bits per heavy atom. The summed E-state index contributed by atoms with van der Waals surface area (Å²) in [6.45, 7) is 5.99. The fourth-order valence-electron chi connectivity index (χ4n) is 4.58. The minimum absolute atomic E-state index is 0.0698. The summed E-state index contributed by atoms with van der Waals surface area (Å²) in [4.78, 5) is 38.2. The van der Waals surface area contributed by atoms with Crippen molar-refractivity contribution in [3.8, 4) is 0 Å². The van der Waals surface area contributed by atoms with Gasteiger partial charge in [0.2, 0.25) is 15.9 Å². The number of rotatable bonds is 7. The summed E-state index contributed by atoms with van der Waals surface area (Å²) >= 11 is 0. The van der Waals surface area contributed by atoms with Gasteiger partial charge in [0.25, 0.3) is 0 Å². The highest BCUT2D eigenvalue weighted by Crippen LogP contribution is 2.30. The van der Waals surface area contributed by atoms with Crippen LogP contribution < -0.4 is 5.32 Å². The standard InChI is InChI=1S/C28H28N2O5S/c1-17-14-18(2)26(19(3)15-17)29-25(31)10-7-13-30(4)36(34,35)20-11-12-23-24(16-20)28(33)22-9-6-5-8-21(22)27(23)32/h5-6,8-9,11-12,14-16H,7,10,13H2,1-4H3,(H,29,31). The third-order valence-corrected chi connectivity index (χ3v) is 8.28. The number of carbonyl (C=O) groups excluding carboxylic acids is 3. The molecular weight excluding hydrogens is 476 g/mol. The van der Waals surface area contributed by atoms with Gasteiger partial charge in [-0.2, -0.15) is 0 Å². The van der Waals surface area contributed by atoms with Gasteiger partial charge in [-0.25, -0.2) is 12.7 Å². The van der Waals surface area contributed by atoms with Crippen LogP contribution in [0.2, 0.25) is 0 Å². The average Bonchev–Trinajstić information content (AvgIpc) is 2.84. The van der Waals surface area contributed by atoms with E-state index in [0.717, 1.165) is 26.7 Å². The topological polar surface area (TPSA) is 101 Å². The number of anilines is 1. The zero-order chi connectivity index (χ0) is 26.2. The van der Waals surface area contributed by atoms with Crippen molar-refractivity contribution < 1.29 is 22.8 Å². The molecule has 0 fully saturated rings. The molecule has 1 aliphatic carbocycles. The van der Waals surface area contributed by atoms with Crippen molar-refractivity contribution in [3.63, 3.8) is 0 Å². The summed E-state index contributed by atoms with van der Waals surface area (Å²) in [7, 11) is -2.49. The lowest BCUT2D eigenvalue weighted by Crippen LogP contribution is -2.29. The normalized spacial score (nSPS) is 12.9. The molecule has 3 aromatic rings. The maximum atomic E-state index is 13.2. The molecule has 4 rings (SSSR count). The molecule has 0 bridgehead atoms. The molecule has 0 spiro atoms. The Bertz CT molecular complexity index is 1490. The van der Waals surface area contributed by atoms with Gasteiger partial charge in [-0.1, -0.05) is 42.0 Å². The molecule has 1 aliphatic rings. The van der Waals surface area contributed by atoms with Gasteiger partial charge < -0.3 is 5.32 Å². The van der Waals surface area contributed by atoms with E-state index in [4.69, 9.17) is 0 Å². The highest BCUT2D eigenvalue weighted by atomic mass is 32.2. The lowest BCUT2D eigenvalue weighted by molar-refractivity contribution is -0.116. The van der Waals surface area contributed by atoms with Crippen LogP contribution in [-0.4, -0.2) is 43.8 Å². The SMILES string of the molecule is Cc1cc(C)c(NC(=O)CCCN(C)S(=O)(=O)c2ccc3c(c2)C(=O)c2ccccc2C3=O)c(C)c1. The second kappa shape index (κ2) is 9.79. The summed E-state index contributed by atoms with van der Waals surface area (Å²) in [6.07, 6.45) is 0.474. The van der Waals surface area contributed by atoms with E-state index in [1.54, 1.807) is 24.3 Å². The van der Waals surface area contributed by atoms with Crippen LogP contribution in [0.3, 0.4) is 0 Å². The maximum Gasteiger partial charge on any atom is 0.242 e. The Hall–Kier alpha value is -3.62. The van der Waals surface area contributed by atoms with Crippen molar-refractivity contribution >= 4 is 33.2 Å². The van der Waals surface area contributed by atoms with E-state index in [9.17, 15) is 22.8 Å². The van der Waals surface area contributed by atoms with Gasteiger partial charge in [0.15, 0.2) is 11.6 Å². The number of nitrogens with one attached hydrogen (secondary N) is 1. The molecule has 0 aromatic heterocycles. The molecule has 0 saturated carbocycles. The first-order valence-electron chi connectivity index (χ1n) is 11.7. The van der Waals surface area contributed by atoms with E-state index in [1.807, 2.05) is 32.9 Å². The van der Waals surface area contributed by atoms with Crippen LogP contribution in [0, 0.1) is 20.8 Å². The van der Waals surface area contributed by atoms with Gasteiger partial charge in [-0.05, 0) is 56.5 Å². The summed E-state index contributed by atoms with van der Waals surface area (Å²) in [5, 5.41) is 2.92. The van der Waals surface area contributed by atoms with Gasteiger partial charge >= 0.3 is 0 Å². The molecule has 36 heavy (non-hydrogen) atoms. The molecule has 1 N–H and O–H groups in total. The Balaban J connectivity index is 1.44. The Morgan fingerprint density at radius 1 is 0.833 bits per heavy atom. The number of carbonyl (C=O) groups is 3. The van der Waals surface area contributed by atoms with Gasteiger partial charge in [0, 0.05) is 48.0 Å². The lowest BCUT2D eigenvalue weighted by Gasteiger charge is -2.20. The van der Waals surface area contributed by atoms with Gasteiger partial charge in [-0.15, -0.1) is 0 Å². The first-order chi connectivity index (χ1) is 17.0. The first-order valence-corrected chi connectivity index (χ1v) is 13.1. The Kier molecular flexibility index (Phi) is 6.93. The van der Waals surface area contributed by atoms with Crippen LogP contribution in [0.5, 0.6) is 0 Å². The predicted octanol–water partition coefficient (Wildman–Crippen LogP) is 4.43. The molecule has 1 amide bonds. The number of hydrogen-bond acceptors (Lipinski definition) is 5. The van der Waals surface area contributed by atoms with E-state index >= 15 is 0 Å². The number of hydrogen-bond donors (Lipinski definition) is 1. The summed E-state index contributed by atoms with van der Waals surface area (Å²) < 4.78 is 27.5. The molecule has 0 atom stereocenters. The van der Waals surface area contributed by atoms with Crippen LogP contribution in [0.15, 0.2) is 59.5 Å². The van der Waals surface area contributed by atoms with Crippen molar-refractivity contribution in [3.05, 3.63) is 93.5 Å². The monoisotopic (exact) mass is 504 g/mol. The molecule has 0 unspecified atom stereocenters. The first kappa shape index (κ1) is 25.5. The second-order valence-corrected chi connectivity index (χ2v) is 11.2. The molecule has 0 heterocycles. The van der Waals surface area contributed by atoms with Crippen molar-refractivity contribution in [2.75, 3.05) is 18.9 Å². The highest BCUT2D eigenvalue weighted by Gasteiger charge is 2.31. The largest absolute Gasteiger partial charge is 0.326 e. The highest BCUT2D eigenvalue weighted by molar-refractivity contribution is 7.89. The summed E-state index contributed by atoms with van der Waals surface area (Å²) in [5.41, 5.74) is 4.70. The quantitative estimate of drug-likeness (QED) is 0.401. The van der Waals surface area contributed by atoms with Gasteiger partial charge in [0.05, 0.1) is 4.90 Å². The lowest BCUT2D eigenvalue weighted by atomic mass is 9.84. The van der Waals surface area contributed by atoms with E-state index < -0.39 is 10.0 Å². The molecule has 186 valence electrons. The molecule has 8 heteroatoms. The Morgan fingerprint density at radius 3 is 2.00 bits per heavy atom. The van der Waals surface area contributed by atoms with Crippen molar-refractivity contribution in [2.24, 2.45) is 0 Å². The number of nitrogens with zero attached hydrogens (tertiary/aromatic N) is 1. The number of fused-ring (bicyclic) bond motifs is 2. The van der Waals surface area contributed by atoms with Crippen molar-refractivity contribution in [1.82, 2.24) is 4.31 Å². The third kappa shape index (κ3) is 4.74. The number of aryl methyl sites for hydroxylation is 3. The molecule has 7 nitrogen and oxygen atoms in total. The molecular formula is C28H28N2O5S. The van der Waals surface area contributed by atoms with Crippen LogP contribution in [0.25, 0.3) is 0 Å². The third-order valence-electron chi connectivity index (χ3n) is 6.42. The van der Waals surface area contributed by atoms with Crippen LogP contribution in [-0.2, 0) is 14.8 Å². The second-order valence-electron chi connectivity index (χ2n) is 9.16. The number of ketones is 2. The van der Waals surface area contributed by atoms with Crippen LogP contribution in [0.4, 0.5) is 5.69 Å². The van der Waals surface area contributed by atoms with E-state index in [-0.39, 0.29) is 52.0 Å². The number of amides is 1. The van der Waals surface area contributed by atoms with E-state index in [0.29, 0.717) is 12.0 Å². The molecule has 0 aliphatic heterocycles. The smallest absolute Gasteiger partial charge is 0.242 e. The summed E-state index contributed by atoms with van der Waals surface area (Å²) in [6, 6.07) is 14.5.